The Labute approximate surface area is 120 Å². The van der Waals surface area contributed by atoms with Crippen molar-refractivity contribution in [2.45, 2.75) is 47.1 Å². The van der Waals surface area contributed by atoms with Crippen molar-refractivity contribution in [1.29, 1.82) is 0 Å². The van der Waals surface area contributed by atoms with Crippen LogP contribution in [0.2, 0.25) is 0 Å². The van der Waals surface area contributed by atoms with Crippen LogP contribution in [0.1, 0.15) is 41.0 Å². The number of ether oxygens (including phenoxy) is 2. The van der Waals surface area contributed by atoms with Gasteiger partial charge in [-0.1, -0.05) is 27.7 Å². The van der Waals surface area contributed by atoms with Crippen molar-refractivity contribution < 1.29 is 23.9 Å². The first-order chi connectivity index (χ1) is 9.27. The van der Waals surface area contributed by atoms with Gasteiger partial charge in [0.25, 0.3) is 5.91 Å². The fraction of sp³-hybridized carbons (Fsp3) is 0.786. The number of hydrogen-bond donors (Lipinski definition) is 1. The van der Waals surface area contributed by atoms with Gasteiger partial charge in [0.05, 0.1) is 6.61 Å². The second-order valence-corrected chi connectivity index (χ2v) is 5.28. The lowest BCUT2D eigenvalue weighted by Crippen LogP contribution is -2.43. The van der Waals surface area contributed by atoms with Gasteiger partial charge in [0, 0.05) is 6.42 Å². The molecule has 0 heterocycles. The van der Waals surface area contributed by atoms with Crippen LogP contribution >= 0.6 is 0 Å². The molecule has 0 aromatic heterocycles. The predicted molar refractivity (Wildman–Crippen MR) is 73.8 cm³/mol. The fourth-order valence-electron chi connectivity index (χ4n) is 1.49. The maximum Gasteiger partial charge on any atom is 0.325 e. The van der Waals surface area contributed by atoms with Gasteiger partial charge in [-0.15, -0.1) is 0 Å². The topological polar surface area (TPSA) is 81.7 Å². The molecule has 20 heavy (non-hydrogen) atoms. The van der Waals surface area contributed by atoms with Gasteiger partial charge in [-0.25, -0.2) is 0 Å². The minimum Gasteiger partial charge on any atom is -0.465 e. The molecule has 0 fully saturated rings. The largest absolute Gasteiger partial charge is 0.465 e. The monoisotopic (exact) mass is 287 g/mol. The van der Waals surface area contributed by atoms with Crippen molar-refractivity contribution in [2.24, 2.45) is 11.8 Å². The van der Waals surface area contributed by atoms with E-state index in [1.54, 1.807) is 20.8 Å². The Hall–Kier alpha value is -1.59. The minimum atomic E-state index is -0.893. The molecule has 6 nitrogen and oxygen atoms in total. The van der Waals surface area contributed by atoms with Crippen molar-refractivity contribution in [3.63, 3.8) is 0 Å². The second-order valence-electron chi connectivity index (χ2n) is 5.28. The zero-order chi connectivity index (χ0) is 15.7. The summed E-state index contributed by atoms with van der Waals surface area (Å²) in [6.07, 6.45) is -0.635. The van der Waals surface area contributed by atoms with Gasteiger partial charge >= 0.3 is 11.9 Å². The first kappa shape index (κ1) is 18.4. The van der Waals surface area contributed by atoms with Crippen LogP contribution in [-0.4, -0.2) is 37.1 Å². The fourth-order valence-corrected chi connectivity index (χ4v) is 1.49. The number of nitrogens with one attached hydrogen (secondary N) is 1. The van der Waals surface area contributed by atoms with Gasteiger partial charge in [0.1, 0.15) is 6.54 Å². The van der Waals surface area contributed by atoms with E-state index in [2.05, 4.69) is 5.32 Å². The number of carbonyl (C=O) groups is 3. The van der Waals surface area contributed by atoms with E-state index in [0.29, 0.717) is 0 Å². The molecule has 0 aromatic rings. The number of carbonyl (C=O) groups excluding carboxylic acids is 3. The first-order valence-corrected chi connectivity index (χ1v) is 6.90. The summed E-state index contributed by atoms with van der Waals surface area (Å²) < 4.78 is 9.88. The summed E-state index contributed by atoms with van der Waals surface area (Å²) in [7, 11) is 0. The van der Waals surface area contributed by atoms with E-state index in [9.17, 15) is 14.4 Å². The van der Waals surface area contributed by atoms with Crippen LogP contribution in [0, 0.1) is 11.8 Å². The Kier molecular flexibility index (Phi) is 8.59. The molecule has 1 N–H and O–H groups in total. The summed E-state index contributed by atoms with van der Waals surface area (Å²) in [4.78, 5) is 34.7. The highest BCUT2D eigenvalue weighted by Gasteiger charge is 2.26. The summed E-state index contributed by atoms with van der Waals surface area (Å²) in [6, 6.07) is 0. The zero-order valence-corrected chi connectivity index (χ0v) is 12.9. The third-order valence-corrected chi connectivity index (χ3v) is 2.41. The molecule has 0 spiro atoms. The van der Waals surface area contributed by atoms with Crippen molar-refractivity contribution in [2.75, 3.05) is 13.2 Å². The van der Waals surface area contributed by atoms with Crippen LogP contribution in [-0.2, 0) is 23.9 Å². The average Bonchev–Trinajstić information content (AvgIpc) is 2.32. The van der Waals surface area contributed by atoms with Crippen LogP contribution in [0.15, 0.2) is 0 Å². The molecule has 0 bridgehead atoms. The molecular formula is C14H25NO5. The van der Waals surface area contributed by atoms with Crippen LogP contribution in [0.25, 0.3) is 0 Å². The molecule has 0 aliphatic carbocycles. The molecule has 6 heteroatoms. The molecule has 0 radical (unpaired) electrons. The van der Waals surface area contributed by atoms with Crippen molar-refractivity contribution in [3.8, 4) is 0 Å². The first-order valence-electron chi connectivity index (χ1n) is 6.90. The standard InChI is InChI=1S/C14H25NO5/c1-6-19-12(17)8-15-14(18)13(10(4)5)20-11(16)7-9(2)3/h9-10,13H,6-8H2,1-5H3,(H,15,18). The van der Waals surface area contributed by atoms with E-state index in [1.165, 1.54) is 0 Å². The van der Waals surface area contributed by atoms with Gasteiger partial charge in [0.15, 0.2) is 6.10 Å². The molecule has 0 rings (SSSR count). The van der Waals surface area contributed by atoms with Gasteiger partial charge in [0.2, 0.25) is 0 Å². The molecular weight excluding hydrogens is 262 g/mol. The Bertz CT molecular complexity index is 338. The van der Waals surface area contributed by atoms with Gasteiger partial charge < -0.3 is 14.8 Å². The number of rotatable bonds is 8. The lowest BCUT2D eigenvalue weighted by atomic mass is 10.1. The Morgan fingerprint density at radius 2 is 1.65 bits per heavy atom. The second kappa shape index (κ2) is 9.34. The maximum atomic E-state index is 11.9. The van der Waals surface area contributed by atoms with Crippen molar-refractivity contribution in [1.82, 2.24) is 5.32 Å². The molecule has 1 atom stereocenters. The van der Waals surface area contributed by atoms with Crippen molar-refractivity contribution in [3.05, 3.63) is 0 Å². The van der Waals surface area contributed by atoms with Crippen molar-refractivity contribution >= 4 is 17.8 Å². The van der Waals surface area contributed by atoms with Crippen LogP contribution in [0.5, 0.6) is 0 Å². The van der Waals surface area contributed by atoms with Crippen LogP contribution in [0.4, 0.5) is 0 Å². The molecule has 0 aliphatic rings. The summed E-state index contributed by atoms with van der Waals surface area (Å²) >= 11 is 0. The van der Waals surface area contributed by atoms with E-state index < -0.39 is 23.9 Å². The van der Waals surface area contributed by atoms with Crippen LogP contribution in [0.3, 0.4) is 0 Å². The molecule has 1 unspecified atom stereocenters. The maximum absolute atomic E-state index is 11.9. The third kappa shape index (κ3) is 7.76. The molecule has 116 valence electrons. The smallest absolute Gasteiger partial charge is 0.325 e. The van der Waals surface area contributed by atoms with E-state index >= 15 is 0 Å². The van der Waals surface area contributed by atoms with E-state index in [-0.39, 0.29) is 31.4 Å². The highest BCUT2D eigenvalue weighted by molar-refractivity contribution is 5.87. The summed E-state index contributed by atoms with van der Waals surface area (Å²) in [6.45, 7) is 9.06. The SMILES string of the molecule is CCOC(=O)CNC(=O)C(OC(=O)CC(C)C)C(C)C. The van der Waals surface area contributed by atoms with Crippen LogP contribution < -0.4 is 5.32 Å². The Morgan fingerprint density at radius 3 is 2.10 bits per heavy atom. The summed E-state index contributed by atoms with van der Waals surface area (Å²) in [5.74, 6) is -1.42. The van der Waals surface area contributed by atoms with Gasteiger partial charge in [-0.3, -0.25) is 14.4 Å². The summed E-state index contributed by atoms with van der Waals surface area (Å²) in [5.41, 5.74) is 0. The highest BCUT2D eigenvalue weighted by atomic mass is 16.5. The number of esters is 2. The zero-order valence-electron chi connectivity index (χ0n) is 12.9. The lowest BCUT2D eigenvalue weighted by Gasteiger charge is -2.21. The Morgan fingerprint density at radius 1 is 1.05 bits per heavy atom. The molecule has 0 aliphatic heterocycles. The average molecular weight is 287 g/mol. The van der Waals surface area contributed by atoms with E-state index in [1.807, 2.05) is 13.8 Å². The number of hydrogen-bond acceptors (Lipinski definition) is 5. The molecule has 0 saturated carbocycles. The number of amides is 1. The highest BCUT2D eigenvalue weighted by Crippen LogP contribution is 2.10. The molecule has 0 aromatic carbocycles. The van der Waals surface area contributed by atoms with Gasteiger partial charge in [-0.05, 0) is 18.8 Å². The normalized spacial score (nSPS) is 12.2. The molecule has 0 saturated heterocycles. The van der Waals surface area contributed by atoms with E-state index in [4.69, 9.17) is 9.47 Å². The summed E-state index contributed by atoms with van der Waals surface area (Å²) in [5, 5.41) is 2.42. The Balaban J connectivity index is 4.40. The lowest BCUT2D eigenvalue weighted by molar-refractivity contribution is -0.159. The van der Waals surface area contributed by atoms with E-state index in [0.717, 1.165) is 0 Å². The quantitative estimate of drug-likeness (QED) is 0.680. The third-order valence-electron chi connectivity index (χ3n) is 2.41. The minimum absolute atomic E-state index is 0.165. The predicted octanol–water partition coefficient (Wildman–Crippen LogP) is 1.28. The molecule has 1 amide bonds. The van der Waals surface area contributed by atoms with Gasteiger partial charge in [-0.2, -0.15) is 0 Å².